The number of hydrogen-bond acceptors (Lipinski definition) is 6. The van der Waals surface area contributed by atoms with Crippen molar-refractivity contribution >= 4 is 27.1 Å². The van der Waals surface area contributed by atoms with Crippen molar-refractivity contribution < 1.29 is 31.4 Å². The second-order valence-corrected chi connectivity index (χ2v) is 5.52. The van der Waals surface area contributed by atoms with E-state index in [-0.39, 0.29) is 12.1 Å². The maximum absolute atomic E-state index is 12.6. The van der Waals surface area contributed by atoms with Crippen LogP contribution in [0, 0.1) is 20.2 Å². The van der Waals surface area contributed by atoms with Crippen molar-refractivity contribution in [1.29, 1.82) is 0 Å². The Morgan fingerprint density at radius 3 is 1.71 bits per heavy atom. The average Bonchev–Trinajstić information content (AvgIpc) is 2.24. The van der Waals surface area contributed by atoms with Crippen LogP contribution < -0.4 is 4.72 Å². The van der Waals surface area contributed by atoms with Crippen LogP contribution in [0.15, 0.2) is 12.1 Å². The summed E-state index contributed by atoms with van der Waals surface area (Å²) in [5.74, 6) is 0. The van der Waals surface area contributed by atoms with E-state index in [1.807, 2.05) is 0 Å². The van der Waals surface area contributed by atoms with E-state index in [1.54, 1.807) is 0 Å². The summed E-state index contributed by atoms with van der Waals surface area (Å²) in [5.41, 5.74) is -5.52. The highest BCUT2D eigenvalue weighted by Gasteiger charge is 2.38. The third-order valence-corrected chi connectivity index (χ3v) is 2.68. The first kappa shape index (κ1) is 16.6. The highest BCUT2D eigenvalue weighted by molar-refractivity contribution is 7.92. The van der Waals surface area contributed by atoms with E-state index >= 15 is 0 Å². The van der Waals surface area contributed by atoms with Gasteiger partial charge in [0.2, 0.25) is 15.7 Å². The number of rotatable bonds is 4. The smallest absolute Gasteiger partial charge is 0.272 e. The molecule has 1 N–H and O–H groups in total. The Balaban J connectivity index is 3.75. The van der Waals surface area contributed by atoms with Gasteiger partial charge < -0.3 is 0 Å². The van der Waals surface area contributed by atoms with Gasteiger partial charge in [-0.3, -0.25) is 25.0 Å². The fourth-order valence-electron chi connectivity index (χ4n) is 1.35. The van der Waals surface area contributed by atoms with Crippen LogP contribution >= 0.6 is 0 Å². The zero-order valence-corrected chi connectivity index (χ0v) is 10.9. The molecular formula is C8H6F3N3O6S. The number of sulfonamides is 1. The summed E-state index contributed by atoms with van der Waals surface area (Å²) in [6.45, 7) is 0. The fourth-order valence-corrected chi connectivity index (χ4v) is 1.93. The van der Waals surface area contributed by atoms with Crippen LogP contribution in [0.2, 0.25) is 0 Å². The van der Waals surface area contributed by atoms with Crippen molar-refractivity contribution in [2.24, 2.45) is 0 Å². The summed E-state index contributed by atoms with van der Waals surface area (Å²) in [6.07, 6.45) is -4.53. The SMILES string of the molecule is CS(=O)(=O)Nc1c([N+](=O)[O-])cc(C(F)(F)F)cc1[N+](=O)[O-]. The summed E-state index contributed by atoms with van der Waals surface area (Å²) >= 11 is 0. The number of nitrogens with zero attached hydrogens (tertiary/aromatic N) is 2. The molecule has 0 unspecified atom stereocenters. The van der Waals surface area contributed by atoms with Crippen molar-refractivity contribution in [3.05, 3.63) is 37.9 Å². The van der Waals surface area contributed by atoms with Gasteiger partial charge in [-0.2, -0.15) is 13.2 Å². The van der Waals surface area contributed by atoms with Gasteiger partial charge in [-0.15, -0.1) is 0 Å². The highest BCUT2D eigenvalue weighted by atomic mass is 32.2. The molecule has 0 heterocycles. The molecule has 0 radical (unpaired) electrons. The van der Waals surface area contributed by atoms with E-state index in [0.717, 1.165) is 0 Å². The molecule has 0 amide bonds. The summed E-state index contributed by atoms with van der Waals surface area (Å²) < 4.78 is 61.3. The quantitative estimate of drug-likeness (QED) is 0.662. The van der Waals surface area contributed by atoms with E-state index < -0.39 is 48.7 Å². The summed E-state index contributed by atoms with van der Waals surface area (Å²) in [4.78, 5) is 18.8. The lowest BCUT2D eigenvalue weighted by molar-refractivity contribution is -0.392. The van der Waals surface area contributed by atoms with Crippen LogP contribution in [0.1, 0.15) is 5.56 Å². The van der Waals surface area contributed by atoms with Crippen molar-refractivity contribution in [3.63, 3.8) is 0 Å². The molecule has 0 spiro atoms. The highest BCUT2D eigenvalue weighted by Crippen LogP contribution is 2.41. The zero-order valence-electron chi connectivity index (χ0n) is 10.0. The minimum Gasteiger partial charge on any atom is -0.272 e. The Bertz CT molecular complexity index is 679. The molecule has 1 aromatic rings. The van der Waals surface area contributed by atoms with E-state index in [2.05, 4.69) is 0 Å². The molecular weight excluding hydrogens is 323 g/mol. The van der Waals surface area contributed by atoms with Crippen LogP contribution in [-0.4, -0.2) is 24.5 Å². The van der Waals surface area contributed by atoms with E-state index in [0.29, 0.717) is 6.26 Å². The summed E-state index contributed by atoms with van der Waals surface area (Å²) in [6, 6.07) is 0.0288. The molecule has 1 aromatic carbocycles. The Kier molecular flexibility index (Phi) is 4.08. The van der Waals surface area contributed by atoms with Crippen LogP contribution in [0.5, 0.6) is 0 Å². The van der Waals surface area contributed by atoms with Crippen LogP contribution in [-0.2, 0) is 16.2 Å². The normalized spacial score (nSPS) is 12.0. The van der Waals surface area contributed by atoms with Gasteiger partial charge in [0.05, 0.1) is 21.7 Å². The first-order valence-electron chi connectivity index (χ1n) is 4.84. The van der Waals surface area contributed by atoms with Crippen LogP contribution in [0.4, 0.5) is 30.2 Å². The minimum absolute atomic E-state index is 0.0144. The second kappa shape index (κ2) is 5.16. The van der Waals surface area contributed by atoms with Crippen molar-refractivity contribution in [3.8, 4) is 0 Å². The molecule has 0 atom stereocenters. The molecule has 1 rings (SSSR count). The van der Waals surface area contributed by atoms with E-state index in [4.69, 9.17) is 0 Å². The van der Waals surface area contributed by atoms with Gasteiger partial charge in [0.15, 0.2) is 0 Å². The fraction of sp³-hybridized carbons (Fsp3) is 0.250. The number of nitrogens with one attached hydrogen (secondary N) is 1. The number of nitro benzene ring substituents is 2. The topological polar surface area (TPSA) is 132 Å². The van der Waals surface area contributed by atoms with Crippen molar-refractivity contribution in [2.45, 2.75) is 6.18 Å². The zero-order chi connectivity index (χ0) is 16.6. The summed E-state index contributed by atoms with van der Waals surface area (Å²) in [7, 11) is -4.18. The van der Waals surface area contributed by atoms with Gasteiger partial charge in [-0.05, 0) is 0 Å². The molecule has 0 saturated heterocycles. The number of alkyl halides is 3. The standard InChI is InChI=1S/C8H6F3N3O6S/c1-21(19,20)12-7-5(13(15)16)2-4(8(9,10)11)3-6(7)14(17)18/h2-3,12H,1H3. The van der Waals surface area contributed by atoms with E-state index in [9.17, 15) is 41.8 Å². The second-order valence-electron chi connectivity index (χ2n) is 3.78. The van der Waals surface area contributed by atoms with Gasteiger partial charge in [0.1, 0.15) is 0 Å². The predicted molar refractivity (Wildman–Crippen MR) is 63.2 cm³/mol. The molecule has 0 fully saturated rings. The maximum atomic E-state index is 12.6. The minimum atomic E-state index is -5.07. The third-order valence-electron chi connectivity index (χ3n) is 2.10. The molecule has 9 nitrogen and oxygen atoms in total. The van der Waals surface area contributed by atoms with Gasteiger partial charge >= 0.3 is 17.6 Å². The monoisotopic (exact) mass is 329 g/mol. The van der Waals surface area contributed by atoms with Crippen LogP contribution in [0.3, 0.4) is 0 Å². The molecule has 13 heteroatoms. The Hall–Kier alpha value is -2.44. The molecule has 0 aliphatic rings. The first-order valence-corrected chi connectivity index (χ1v) is 6.74. The largest absolute Gasteiger partial charge is 0.416 e. The predicted octanol–water partition coefficient (Wildman–Crippen LogP) is 1.89. The molecule has 0 bridgehead atoms. The maximum Gasteiger partial charge on any atom is 0.416 e. The number of halogens is 3. The molecule has 0 aromatic heterocycles. The molecule has 0 aliphatic heterocycles. The molecule has 21 heavy (non-hydrogen) atoms. The number of nitro groups is 2. The van der Waals surface area contributed by atoms with Crippen LogP contribution in [0.25, 0.3) is 0 Å². The number of anilines is 1. The molecule has 116 valence electrons. The van der Waals surface area contributed by atoms with Gasteiger partial charge in [0, 0.05) is 12.1 Å². The third kappa shape index (κ3) is 4.01. The lowest BCUT2D eigenvalue weighted by atomic mass is 10.1. The number of hydrogen-bond donors (Lipinski definition) is 1. The van der Waals surface area contributed by atoms with Gasteiger partial charge in [-0.1, -0.05) is 0 Å². The molecule has 0 saturated carbocycles. The average molecular weight is 329 g/mol. The Morgan fingerprint density at radius 1 is 1.10 bits per heavy atom. The van der Waals surface area contributed by atoms with Crippen molar-refractivity contribution in [2.75, 3.05) is 11.0 Å². The molecule has 0 aliphatic carbocycles. The lowest BCUT2D eigenvalue weighted by Crippen LogP contribution is -2.14. The van der Waals surface area contributed by atoms with Crippen molar-refractivity contribution in [1.82, 2.24) is 0 Å². The van der Waals surface area contributed by atoms with Gasteiger partial charge in [-0.25, -0.2) is 8.42 Å². The summed E-state index contributed by atoms with van der Waals surface area (Å²) in [5, 5.41) is 21.5. The Morgan fingerprint density at radius 2 is 1.48 bits per heavy atom. The number of benzene rings is 1. The Labute approximate surface area is 114 Å². The van der Waals surface area contributed by atoms with Gasteiger partial charge in [0.25, 0.3) is 0 Å². The van der Waals surface area contributed by atoms with E-state index in [1.165, 1.54) is 4.72 Å². The lowest BCUT2D eigenvalue weighted by Gasteiger charge is -2.10. The first-order chi connectivity index (χ1) is 9.33.